The van der Waals surface area contributed by atoms with Gasteiger partial charge in [-0.25, -0.2) is 0 Å². The summed E-state index contributed by atoms with van der Waals surface area (Å²) in [5.41, 5.74) is -0.360. The van der Waals surface area contributed by atoms with Crippen molar-refractivity contribution in [1.29, 1.82) is 0 Å². The van der Waals surface area contributed by atoms with Gasteiger partial charge in [0.2, 0.25) is 0 Å². The minimum absolute atomic E-state index is 0.0488. The van der Waals surface area contributed by atoms with E-state index in [0.717, 1.165) is 19.4 Å². The van der Waals surface area contributed by atoms with E-state index in [4.69, 9.17) is 14.2 Å². The van der Waals surface area contributed by atoms with Crippen molar-refractivity contribution in [1.82, 2.24) is 0 Å². The third kappa shape index (κ3) is 5.82. The first-order valence-corrected chi connectivity index (χ1v) is 6.68. The molecule has 1 aliphatic rings. The van der Waals surface area contributed by atoms with Crippen LogP contribution in [0.1, 0.15) is 40.5 Å². The molecule has 0 atom stereocenters. The molecule has 0 amide bonds. The highest BCUT2D eigenvalue weighted by Gasteiger charge is 2.36. The molecule has 0 bridgehead atoms. The van der Waals surface area contributed by atoms with Crippen molar-refractivity contribution in [3.63, 3.8) is 0 Å². The number of aliphatic hydroxyl groups excluding tert-OH is 1. The van der Waals surface area contributed by atoms with E-state index in [2.05, 4.69) is 6.92 Å². The molecular formula is C13H28O4. The lowest BCUT2D eigenvalue weighted by Gasteiger charge is -2.38. The zero-order valence-corrected chi connectivity index (χ0v) is 11.7. The number of rotatable bonds is 6. The fraction of sp³-hybridized carbons (Fsp3) is 1.00. The Balaban J connectivity index is 0.00000121. The largest absolute Gasteiger partial charge is 0.396 e. The first-order chi connectivity index (χ1) is 8.26. The van der Waals surface area contributed by atoms with Crippen molar-refractivity contribution in [2.75, 3.05) is 33.0 Å². The highest BCUT2D eigenvalue weighted by atomic mass is 16.7. The molecular weight excluding hydrogens is 220 g/mol. The van der Waals surface area contributed by atoms with E-state index in [9.17, 15) is 5.11 Å². The minimum Gasteiger partial charge on any atom is -0.396 e. The lowest BCUT2D eigenvalue weighted by molar-refractivity contribution is -0.247. The molecule has 1 fully saturated rings. The molecule has 0 aromatic carbocycles. The van der Waals surface area contributed by atoms with Crippen LogP contribution in [-0.4, -0.2) is 44.4 Å². The van der Waals surface area contributed by atoms with Gasteiger partial charge in [0.25, 0.3) is 0 Å². The van der Waals surface area contributed by atoms with E-state index in [1.54, 1.807) is 0 Å². The van der Waals surface area contributed by atoms with Gasteiger partial charge >= 0.3 is 0 Å². The molecule has 0 aromatic heterocycles. The normalized spacial score (nSPS) is 28.4. The molecule has 0 saturated carbocycles. The molecule has 1 saturated heterocycles. The lowest BCUT2D eigenvalue weighted by atomic mass is 9.91. The SMILES string of the molecule is CC.CCCOCC1(CO)COC(CC)OC1. The topological polar surface area (TPSA) is 47.9 Å². The second kappa shape index (κ2) is 9.83. The van der Waals surface area contributed by atoms with Gasteiger partial charge in [0.1, 0.15) is 0 Å². The van der Waals surface area contributed by atoms with Crippen LogP contribution in [0.15, 0.2) is 0 Å². The number of hydrogen-bond donors (Lipinski definition) is 1. The Bertz CT molecular complexity index is 159. The Hall–Kier alpha value is -0.160. The van der Waals surface area contributed by atoms with Crippen LogP contribution in [0.25, 0.3) is 0 Å². The smallest absolute Gasteiger partial charge is 0.157 e. The monoisotopic (exact) mass is 248 g/mol. The van der Waals surface area contributed by atoms with E-state index in [-0.39, 0.29) is 18.3 Å². The standard InChI is InChI=1S/C11H22O4.C2H6/c1-3-5-13-7-11(6-12)8-14-10(4-2)15-9-11;1-2/h10,12H,3-9H2,1-2H3;1-2H3. The van der Waals surface area contributed by atoms with Crippen LogP contribution in [0.2, 0.25) is 0 Å². The summed E-state index contributed by atoms with van der Waals surface area (Å²) >= 11 is 0. The predicted molar refractivity (Wildman–Crippen MR) is 68.0 cm³/mol. The summed E-state index contributed by atoms with van der Waals surface area (Å²) in [7, 11) is 0. The van der Waals surface area contributed by atoms with Crippen molar-refractivity contribution in [2.45, 2.75) is 46.8 Å². The van der Waals surface area contributed by atoms with Crippen LogP contribution >= 0.6 is 0 Å². The quantitative estimate of drug-likeness (QED) is 0.732. The zero-order chi connectivity index (χ0) is 13.1. The number of hydrogen-bond acceptors (Lipinski definition) is 4. The molecule has 4 nitrogen and oxygen atoms in total. The maximum atomic E-state index is 9.36. The Kier molecular flexibility index (Phi) is 9.74. The van der Waals surface area contributed by atoms with Gasteiger partial charge in [-0.05, 0) is 12.8 Å². The Morgan fingerprint density at radius 1 is 1.24 bits per heavy atom. The minimum atomic E-state index is -0.360. The van der Waals surface area contributed by atoms with Crippen molar-refractivity contribution < 1.29 is 19.3 Å². The molecule has 1 N–H and O–H groups in total. The summed E-state index contributed by atoms with van der Waals surface area (Å²) < 4.78 is 16.5. The molecule has 0 aliphatic carbocycles. The van der Waals surface area contributed by atoms with Crippen LogP contribution < -0.4 is 0 Å². The maximum absolute atomic E-state index is 9.36. The van der Waals surface area contributed by atoms with Gasteiger partial charge in [0, 0.05) is 6.61 Å². The first-order valence-electron chi connectivity index (χ1n) is 6.68. The third-order valence-corrected chi connectivity index (χ3v) is 2.58. The second-order valence-corrected chi connectivity index (χ2v) is 4.17. The second-order valence-electron chi connectivity index (χ2n) is 4.17. The summed E-state index contributed by atoms with van der Waals surface area (Å²) in [6.45, 7) is 10.4. The maximum Gasteiger partial charge on any atom is 0.157 e. The van der Waals surface area contributed by atoms with E-state index < -0.39 is 0 Å². The van der Waals surface area contributed by atoms with Crippen LogP contribution in [0.3, 0.4) is 0 Å². The van der Waals surface area contributed by atoms with Gasteiger partial charge in [-0.3, -0.25) is 0 Å². The Labute approximate surface area is 105 Å². The van der Waals surface area contributed by atoms with Gasteiger partial charge in [0.15, 0.2) is 6.29 Å². The molecule has 4 heteroatoms. The summed E-state index contributed by atoms with van der Waals surface area (Å²) in [6, 6.07) is 0. The molecule has 0 radical (unpaired) electrons. The molecule has 0 spiro atoms. The molecule has 0 unspecified atom stereocenters. The molecule has 0 aromatic rings. The van der Waals surface area contributed by atoms with E-state index in [1.807, 2.05) is 20.8 Å². The summed E-state index contributed by atoms with van der Waals surface area (Å²) in [4.78, 5) is 0. The third-order valence-electron chi connectivity index (χ3n) is 2.58. The van der Waals surface area contributed by atoms with E-state index in [0.29, 0.717) is 19.8 Å². The zero-order valence-electron chi connectivity index (χ0n) is 11.7. The van der Waals surface area contributed by atoms with Crippen molar-refractivity contribution in [3.8, 4) is 0 Å². The molecule has 104 valence electrons. The van der Waals surface area contributed by atoms with Gasteiger partial charge in [0.05, 0.1) is 31.8 Å². The van der Waals surface area contributed by atoms with Crippen molar-refractivity contribution in [2.24, 2.45) is 5.41 Å². The average Bonchev–Trinajstić information content (AvgIpc) is 2.42. The summed E-state index contributed by atoms with van der Waals surface area (Å²) in [5.74, 6) is 0. The average molecular weight is 248 g/mol. The molecule has 1 aliphatic heterocycles. The lowest BCUT2D eigenvalue weighted by Crippen LogP contribution is -2.47. The molecule has 1 heterocycles. The van der Waals surface area contributed by atoms with Crippen LogP contribution in [-0.2, 0) is 14.2 Å². The van der Waals surface area contributed by atoms with Crippen LogP contribution in [0.5, 0.6) is 0 Å². The van der Waals surface area contributed by atoms with Crippen molar-refractivity contribution >= 4 is 0 Å². The summed E-state index contributed by atoms with van der Waals surface area (Å²) in [6.07, 6.45) is 1.72. The van der Waals surface area contributed by atoms with E-state index in [1.165, 1.54) is 0 Å². The van der Waals surface area contributed by atoms with E-state index >= 15 is 0 Å². The van der Waals surface area contributed by atoms with Gasteiger partial charge in [-0.2, -0.15) is 0 Å². The van der Waals surface area contributed by atoms with Gasteiger partial charge < -0.3 is 19.3 Å². The fourth-order valence-corrected chi connectivity index (χ4v) is 1.52. The highest BCUT2D eigenvalue weighted by molar-refractivity contribution is 4.80. The van der Waals surface area contributed by atoms with Gasteiger partial charge in [-0.15, -0.1) is 0 Å². The highest BCUT2D eigenvalue weighted by Crippen LogP contribution is 2.25. The predicted octanol–water partition coefficient (Wildman–Crippen LogP) is 2.20. The fourth-order valence-electron chi connectivity index (χ4n) is 1.52. The van der Waals surface area contributed by atoms with Crippen LogP contribution in [0, 0.1) is 5.41 Å². The first kappa shape index (κ1) is 16.8. The van der Waals surface area contributed by atoms with Crippen LogP contribution in [0.4, 0.5) is 0 Å². The van der Waals surface area contributed by atoms with Crippen molar-refractivity contribution in [3.05, 3.63) is 0 Å². The molecule has 1 rings (SSSR count). The Morgan fingerprint density at radius 3 is 2.24 bits per heavy atom. The summed E-state index contributed by atoms with van der Waals surface area (Å²) in [5, 5.41) is 9.36. The number of aliphatic hydroxyl groups is 1. The Morgan fingerprint density at radius 2 is 1.82 bits per heavy atom. The molecule has 17 heavy (non-hydrogen) atoms. The number of ether oxygens (including phenoxy) is 3. The van der Waals surface area contributed by atoms with Gasteiger partial charge in [-0.1, -0.05) is 27.7 Å².